The van der Waals surface area contributed by atoms with Crippen molar-refractivity contribution in [1.29, 1.82) is 0 Å². The maximum atomic E-state index is 14.1. The number of alkyl carbamates (subject to hydrolysis) is 1. The Kier molecular flexibility index (Phi) is 12.0. The number of hydrogen-bond donors (Lipinski definition) is 3. The summed E-state index contributed by atoms with van der Waals surface area (Å²) in [4.78, 5) is 53.6. The lowest BCUT2D eigenvalue weighted by Gasteiger charge is -2.35. The van der Waals surface area contributed by atoms with Gasteiger partial charge in [0.15, 0.2) is 0 Å². The summed E-state index contributed by atoms with van der Waals surface area (Å²) in [6.45, 7) is 9.58. The van der Waals surface area contributed by atoms with Crippen LogP contribution in [0.15, 0.2) is 54.6 Å². The third kappa shape index (κ3) is 10.4. The van der Waals surface area contributed by atoms with Gasteiger partial charge in [-0.15, -0.1) is 0 Å². The first-order valence-corrected chi connectivity index (χ1v) is 13.4. The van der Waals surface area contributed by atoms with Gasteiger partial charge in [-0.25, -0.2) is 4.79 Å². The van der Waals surface area contributed by atoms with Gasteiger partial charge < -0.3 is 26.0 Å². The molecule has 4 amide bonds. The van der Waals surface area contributed by atoms with Crippen LogP contribution in [-0.4, -0.2) is 46.9 Å². The lowest BCUT2D eigenvalue weighted by Crippen LogP contribution is -2.53. The van der Waals surface area contributed by atoms with Gasteiger partial charge in [0.25, 0.3) is 0 Å². The Hall–Kier alpha value is -3.88. The molecule has 0 aliphatic rings. The highest BCUT2D eigenvalue weighted by Gasteiger charge is 2.36. The van der Waals surface area contributed by atoms with Crippen molar-refractivity contribution in [3.8, 4) is 0 Å². The molecule has 0 bridgehead atoms. The SMILES string of the molecule is CCCCN(C(=O)C(CCC(N)=O)NC(=O)OC(C)(C)C)C(C(=O)NCc1ccccc1)c1ccccc1C. The fourth-order valence-electron chi connectivity index (χ4n) is 4.11. The van der Waals surface area contributed by atoms with Crippen molar-refractivity contribution in [2.45, 2.75) is 84.5 Å². The highest BCUT2D eigenvalue weighted by molar-refractivity contribution is 5.92. The number of unbranched alkanes of at least 4 members (excludes halogenated alkanes) is 1. The maximum absolute atomic E-state index is 14.1. The van der Waals surface area contributed by atoms with Gasteiger partial charge in [-0.3, -0.25) is 14.4 Å². The van der Waals surface area contributed by atoms with Gasteiger partial charge in [-0.1, -0.05) is 67.9 Å². The van der Waals surface area contributed by atoms with Crippen molar-refractivity contribution >= 4 is 23.8 Å². The average molecular weight is 539 g/mol. The van der Waals surface area contributed by atoms with E-state index in [9.17, 15) is 19.2 Å². The van der Waals surface area contributed by atoms with Crippen LogP contribution in [0.2, 0.25) is 0 Å². The molecule has 212 valence electrons. The molecule has 39 heavy (non-hydrogen) atoms. The van der Waals surface area contributed by atoms with E-state index in [4.69, 9.17) is 10.5 Å². The Bertz CT molecular complexity index is 1110. The molecule has 0 fully saturated rings. The van der Waals surface area contributed by atoms with Crippen LogP contribution in [-0.2, 0) is 25.7 Å². The first-order chi connectivity index (χ1) is 18.4. The normalized spacial score (nSPS) is 12.6. The first kappa shape index (κ1) is 31.3. The molecule has 2 unspecified atom stereocenters. The second kappa shape index (κ2) is 14.9. The van der Waals surface area contributed by atoms with E-state index < -0.39 is 35.6 Å². The fourth-order valence-corrected chi connectivity index (χ4v) is 4.11. The second-order valence-corrected chi connectivity index (χ2v) is 10.6. The number of nitrogens with one attached hydrogen (secondary N) is 2. The lowest BCUT2D eigenvalue weighted by molar-refractivity contribution is -0.143. The van der Waals surface area contributed by atoms with Gasteiger partial charge in [0.2, 0.25) is 17.7 Å². The summed E-state index contributed by atoms with van der Waals surface area (Å²) < 4.78 is 5.37. The first-order valence-electron chi connectivity index (χ1n) is 13.4. The molecule has 0 saturated carbocycles. The molecule has 2 atom stereocenters. The maximum Gasteiger partial charge on any atom is 0.408 e. The van der Waals surface area contributed by atoms with Crippen LogP contribution in [0, 0.1) is 6.92 Å². The van der Waals surface area contributed by atoms with Crippen LogP contribution in [0.5, 0.6) is 0 Å². The average Bonchev–Trinajstić information content (AvgIpc) is 2.87. The zero-order valence-corrected chi connectivity index (χ0v) is 23.7. The van der Waals surface area contributed by atoms with Gasteiger partial charge in [0.05, 0.1) is 0 Å². The van der Waals surface area contributed by atoms with Crippen molar-refractivity contribution in [2.75, 3.05) is 6.54 Å². The fraction of sp³-hybridized carbons (Fsp3) is 0.467. The molecular formula is C30H42N4O5. The zero-order chi connectivity index (χ0) is 29.0. The van der Waals surface area contributed by atoms with E-state index >= 15 is 0 Å². The number of aryl methyl sites for hydroxylation is 1. The minimum atomic E-state index is -1.11. The van der Waals surface area contributed by atoms with Crippen molar-refractivity contribution in [3.05, 3.63) is 71.3 Å². The predicted octanol–water partition coefficient (Wildman–Crippen LogP) is 4.14. The minimum Gasteiger partial charge on any atom is -0.444 e. The van der Waals surface area contributed by atoms with Crippen LogP contribution in [0.25, 0.3) is 0 Å². The summed E-state index contributed by atoms with van der Waals surface area (Å²) >= 11 is 0. The highest BCUT2D eigenvalue weighted by atomic mass is 16.6. The standard InChI is InChI=1S/C30H42N4O5/c1-6-7-19-34(28(37)24(17-18-25(31)35)33-29(38)39-30(3,4)5)26(23-16-12-11-13-21(23)2)27(36)32-20-22-14-9-8-10-15-22/h8-16,24,26H,6-7,17-20H2,1-5H3,(H2,31,35)(H,32,36)(H,33,38). The van der Waals surface area contributed by atoms with Crippen LogP contribution in [0.1, 0.15) is 76.1 Å². The van der Waals surface area contributed by atoms with Crippen molar-refractivity contribution in [3.63, 3.8) is 0 Å². The Morgan fingerprint density at radius 3 is 2.23 bits per heavy atom. The number of rotatable bonds is 13. The molecule has 0 radical (unpaired) electrons. The zero-order valence-electron chi connectivity index (χ0n) is 23.7. The van der Waals surface area contributed by atoms with Gasteiger partial charge in [0, 0.05) is 19.5 Å². The van der Waals surface area contributed by atoms with E-state index in [-0.39, 0.29) is 25.3 Å². The quantitative estimate of drug-likeness (QED) is 0.353. The number of nitrogens with zero attached hydrogens (tertiary/aromatic N) is 1. The van der Waals surface area contributed by atoms with Gasteiger partial charge in [0.1, 0.15) is 17.7 Å². The highest BCUT2D eigenvalue weighted by Crippen LogP contribution is 2.27. The molecule has 0 spiro atoms. The van der Waals surface area contributed by atoms with E-state index in [0.717, 1.165) is 17.5 Å². The lowest BCUT2D eigenvalue weighted by atomic mass is 9.97. The Morgan fingerprint density at radius 2 is 1.64 bits per heavy atom. The molecule has 2 rings (SSSR count). The number of carbonyl (C=O) groups is 4. The molecule has 4 N–H and O–H groups in total. The number of amides is 4. The minimum absolute atomic E-state index is 0.0256. The molecule has 9 nitrogen and oxygen atoms in total. The van der Waals surface area contributed by atoms with Crippen molar-refractivity contribution in [1.82, 2.24) is 15.5 Å². The summed E-state index contributed by atoms with van der Waals surface area (Å²) in [5, 5.41) is 5.59. The van der Waals surface area contributed by atoms with E-state index in [0.29, 0.717) is 18.5 Å². The number of nitrogens with two attached hydrogens (primary N) is 1. The summed E-state index contributed by atoms with van der Waals surface area (Å²) in [6, 6.07) is 14.8. The molecule has 9 heteroatoms. The number of benzene rings is 2. The van der Waals surface area contributed by atoms with Crippen LogP contribution in [0.4, 0.5) is 4.79 Å². The van der Waals surface area contributed by atoms with E-state index in [1.165, 1.54) is 4.90 Å². The predicted molar refractivity (Wildman–Crippen MR) is 150 cm³/mol. The summed E-state index contributed by atoms with van der Waals surface area (Å²) in [6.07, 6.45) is 0.475. The van der Waals surface area contributed by atoms with Gasteiger partial charge in [-0.2, -0.15) is 0 Å². The number of hydrogen-bond acceptors (Lipinski definition) is 5. The Morgan fingerprint density at radius 1 is 1.00 bits per heavy atom. The third-order valence-corrected chi connectivity index (χ3v) is 6.06. The molecule has 2 aromatic carbocycles. The number of primary amides is 1. The van der Waals surface area contributed by atoms with E-state index in [1.54, 1.807) is 20.8 Å². The van der Waals surface area contributed by atoms with Crippen molar-refractivity contribution in [2.24, 2.45) is 5.73 Å². The second-order valence-electron chi connectivity index (χ2n) is 10.6. The van der Waals surface area contributed by atoms with Gasteiger partial charge >= 0.3 is 6.09 Å². The smallest absolute Gasteiger partial charge is 0.408 e. The number of carbonyl (C=O) groups excluding carboxylic acids is 4. The summed E-state index contributed by atoms with van der Waals surface area (Å²) in [5.41, 5.74) is 7.03. The number of ether oxygens (including phenoxy) is 1. The van der Waals surface area contributed by atoms with Crippen molar-refractivity contribution < 1.29 is 23.9 Å². The third-order valence-electron chi connectivity index (χ3n) is 6.06. The molecule has 0 saturated heterocycles. The largest absolute Gasteiger partial charge is 0.444 e. The van der Waals surface area contributed by atoms with Crippen LogP contribution < -0.4 is 16.4 Å². The van der Waals surface area contributed by atoms with Crippen LogP contribution in [0.3, 0.4) is 0 Å². The van der Waals surface area contributed by atoms with Crippen LogP contribution >= 0.6 is 0 Å². The Balaban J connectivity index is 2.47. The molecule has 0 heterocycles. The molecule has 0 aliphatic heterocycles. The Labute approximate surface area is 231 Å². The van der Waals surface area contributed by atoms with Gasteiger partial charge in [-0.05, 0) is 57.2 Å². The summed E-state index contributed by atoms with van der Waals surface area (Å²) in [7, 11) is 0. The molecule has 2 aromatic rings. The summed E-state index contributed by atoms with van der Waals surface area (Å²) in [5.74, 6) is -1.43. The monoisotopic (exact) mass is 538 g/mol. The molecule has 0 aliphatic carbocycles. The van der Waals surface area contributed by atoms with E-state index in [2.05, 4.69) is 10.6 Å². The topological polar surface area (TPSA) is 131 Å². The molecular weight excluding hydrogens is 496 g/mol. The van der Waals surface area contributed by atoms with E-state index in [1.807, 2.05) is 68.4 Å². The molecule has 0 aromatic heterocycles.